The molecule has 26 heavy (non-hydrogen) atoms. The van der Waals surface area contributed by atoms with Gasteiger partial charge in [0.1, 0.15) is 0 Å². The number of thiocarbonyl (C=S) groups is 1. The molecule has 1 saturated heterocycles. The van der Waals surface area contributed by atoms with Crippen LogP contribution in [0.3, 0.4) is 0 Å². The van der Waals surface area contributed by atoms with Crippen LogP contribution >= 0.6 is 12.2 Å². The zero-order valence-electron chi connectivity index (χ0n) is 14.6. The zero-order chi connectivity index (χ0) is 17.9. The maximum absolute atomic E-state index is 5.66. The average Bonchev–Trinajstić information content (AvgIpc) is 3.28. The van der Waals surface area contributed by atoms with Gasteiger partial charge in [0.25, 0.3) is 0 Å². The van der Waals surface area contributed by atoms with Crippen LogP contribution in [0.15, 0.2) is 67.3 Å². The summed E-state index contributed by atoms with van der Waals surface area (Å²) in [6, 6.07) is 14.4. The Morgan fingerprint density at radius 1 is 1.08 bits per heavy atom. The number of hydrogen-bond acceptors (Lipinski definition) is 3. The van der Waals surface area contributed by atoms with Crippen molar-refractivity contribution in [2.45, 2.75) is 25.4 Å². The molecule has 0 radical (unpaired) electrons. The van der Waals surface area contributed by atoms with Crippen molar-refractivity contribution in [1.82, 2.24) is 24.8 Å². The Hall–Kier alpha value is -2.73. The van der Waals surface area contributed by atoms with Crippen molar-refractivity contribution in [2.24, 2.45) is 0 Å². The summed E-state index contributed by atoms with van der Waals surface area (Å²) >= 11 is 5.66. The molecule has 0 amide bonds. The second kappa shape index (κ2) is 7.25. The van der Waals surface area contributed by atoms with Gasteiger partial charge in [-0.05, 0) is 55.0 Å². The molecule has 6 heteroatoms. The lowest BCUT2D eigenvalue weighted by Gasteiger charge is -2.28. The highest BCUT2D eigenvalue weighted by atomic mass is 32.1. The number of nitrogens with one attached hydrogen (secondary N) is 1. The van der Waals surface area contributed by atoms with Crippen molar-refractivity contribution in [3.8, 4) is 5.69 Å². The third kappa shape index (κ3) is 2.97. The van der Waals surface area contributed by atoms with Gasteiger partial charge in [-0.3, -0.25) is 9.97 Å². The van der Waals surface area contributed by atoms with Crippen LogP contribution in [0.4, 0.5) is 0 Å². The number of aromatic nitrogens is 3. The third-order valence-electron chi connectivity index (χ3n) is 4.69. The van der Waals surface area contributed by atoms with Gasteiger partial charge >= 0.3 is 0 Å². The Balaban J connectivity index is 1.81. The maximum Gasteiger partial charge on any atom is 0.170 e. The molecule has 3 aromatic heterocycles. The molecule has 2 unspecified atom stereocenters. The number of hydrogen-bond donors (Lipinski definition) is 1. The van der Waals surface area contributed by atoms with E-state index in [0.717, 1.165) is 29.5 Å². The highest BCUT2D eigenvalue weighted by Gasteiger charge is 2.40. The first-order chi connectivity index (χ1) is 12.8. The Bertz CT molecular complexity index is 877. The lowest BCUT2D eigenvalue weighted by molar-refractivity contribution is 0.309. The highest BCUT2D eigenvalue weighted by molar-refractivity contribution is 7.80. The van der Waals surface area contributed by atoms with Gasteiger partial charge in [-0.15, -0.1) is 0 Å². The van der Waals surface area contributed by atoms with E-state index in [1.54, 1.807) is 0 Å². The van der Waals surface area contributed by atoms with E-state index in [1.807, 2.05) is 42.9 Å². The molecule has 0 aromatic carbocycles. The van der Waals surface area contributed by atoms with Crippen molar-refractivity contribution in [1.29, 1.82) is 0 Å². The summed E-state index contributed by atoms with van der Waals surface area (Å²) in [6.45, 7) is 3.08. The number of rotatable bonds is 5. The fraction of sp³-hybridized carbons (Fsp3) is 0.250. The minimum atomic E-state index is 0.0192. The molecule has 5 nitrogen and oxygen atoms in total. The van der Waals surface area contributed by atoms with Crippen LogP contribution in [0.25, 0.3) is 5.69 Å². The van der Waals surface area contributed by atoms with Crippen LogP contribution < -0.4 is 5.32 Å². The van der Waals surface area contributed by atoms with Crippen molar-refractivity contribution in [3.63, 3.8) is 0 Å². The Labute approximate surface area is 158 Å². The van der Waals surface area contributed by atoms with Gasteiger partial charge in [-0.2, -0.15) is 0 Å². The zero-order valence-corrected chi connectivity index (χ0v) is 15.4. The first-order valence-electron chi connectivity index (χ1n) is 8.85. The topological polar surface area (TPSA) is 46.0 Å². The SMILES string of the molecule is CCCN1C(=S)NC(c2ccccn2)C1c1cccn1-c1ccncc1. The van der Waals surface area contributed by atoms with Crippen LogP contribution in [-0.4, -0.2) is 31.1 Å². The lowest BCUT2D eigenvalue weighted by Crippen LogP contribution is -2.31. The minimum absolute atomic E-state index is 0.0192. The largest absolute Gasteiger partial charge is 0.352 e. The minimum Gasteiger partial charge on any atom is -0.352 e. The average molecular weight is 363 g/mol. The van der Waals surface area contributed by atoms with E-state index >= 15 is 0 Å². The van der Waals surface area contributed by atoms with Crippen LogP contribution in [0.1, 0.15) is 36.8 Å². The number of pyridine rings is 2. The summed E-state index contributed by atoms with van der Waals surface area (Å²) in [6.07, 6.45) is 8.59. The van der Waals surface area contributed by atoms with Gasteiger partial charge in [-0.1, -0.05) is 13.0 Å². The lowest BCUT2D eigenvalue weighted by atomic mass is 10.0. The van der Waals surface area contributed by atoms with E-state index in [2.05, 4.69) is 56.1 Å². The van der Waals surface area contributed by atoms with Crippen molar-refractivity contribution in [3.05, 3.63) is 78.6 Å². The molecule has 3 aromatic rings. The van der Waals surface area contributed by atoms with E-state index in [4.69, 9.17) is 12.2 Å². The molecule has 0 saturated carbocycles. The van der Waals surface area contributed by atoms with E-state index in [-0.39, 0.29) is 12.1 Å². The summed E-state index contributed by atoms with van der Waals surface area (Å²) in [4.78, 5) is 11.0. The van der Waals surface area contributed by atoms with Crippen molar-refractivity contribution < 1.29 is 0 Å². The summed E-state index contributed by atoms with van der Waals surface area (Å²) in [5.41, 5.74) is 3.28. The standard InChI is InChI=1S/C20H21N5S/c1-2-13-25-19(18(23-20(25)26)16-6-3-4-10-22-16)17-7-5-14-24(17)15-8-11-21-12-9-15/h3-12,14,18-19H,2,13H2,1H3,(H,23,26). The molecule has 2 atom stereocenters. The van der Waals surface area contributed by atoms with Crippen molar-refractivity contribution >= 4 is 17.3 Å². The second-order valence-electron chi connectivity index (χ2n) is 6.33. The molecule has 4 heterocycles. The quantitative estimate of drug-likeness (QED) is 0.701. The van der Waals surface area contributed by atoms with Crippen LogP contribution in [0.5, 0.6) is 0 Å². The smallest absolute Gasteiger partial charge is 0.170 e. The molecule has 0 aliphatic carbocycles. The van der Waals surface area contributed by atoms with Gasteiger partial charge in [0.05, 0.1) is 17.8 Å². The molecule has 1 N–H and O–H groups in total. The van der Waals surface area contributed by atoms with Gasteiger partial charge in [0.15, 0.2) is 5.11 Å². The van der Waals surface area contributed by atoms with Gasteiger partial charge in [0.2, 0.25) is 0 Å². The maximum atomic E-state index is 5.66. The van der Waals surface area contributed by atoms with E-state index in [1.165, 1.54) is 5.69 Å². The van der Waals surface area contributed by atoms with Crippen LogP contribution in [-0.2, 0) is 0 Å². The van der Waals surface area contributed by atoms with Gasteiger partial charge in [-0.25, -0.2) is 0 Å². The molecular formula is C20H21N5S. The normalized spacial score (nSPS) is 19.6. The summed E-state index contributed by atoms with van der Waals surface area (Å²) in [5, 5.41) is 4.28. The fourth-order valence-corrected chi connectivity index (χ4v) is 3.92. The van der Waals surface area contributed by atoms with E-state index in [9.17, 15) is 0 Å². The highest BCUT2D eigenvalue weighted by Crippen LogP contribution is 2.39. The molecule has 1 aliphatic heterocycles. The number of nitrogens with zero attached hydrogens (tertiary/aromatic N) is 4. The van der Waals surface area contributed by atoms with Crippen LogP contribution in [0.2, 0.25) is 0 Å². The molecule has 1 fully saturated rings. The summed E-state index contributed by atoms with van der Waals surface area (Å²) in [7, 11) is 0. The first kappa shape index (κ1) is 16.7. The summed E-state index contributed by atoms with van der Waals surface area (Å²) < 4.78 is 2.21. The monoisotopic (exact) mass is 363 g/mol. The molecule has 1 aliphatic rings. The fourth-order valence-electron chi connectivity index (χ4n) is 3.58. The Morgan fingerprint density at radius 3 is 2.65 bits per heavy atom. The van der Waals surface area contributed by atoms with Gasteiger partial charge in [0, 0.05) is 42.7 Å². The molecule has 0 bridgehead atoms. The molecule has 4 rings (SSSR count). The second-order valence-corrected chi connectivity index (χ2v) is 6.72. The predicted octanol–water partition coefficient (Wildman–Crippen LogP) is 3.65. The first-order valence-corrected chi connectivity index (χ1v) is 9.26. The van der Waals surface area contributed by atoms with E-state index < -0.39 is 0 Å². The molecular weight excluding hydrogens is 342 g/mol. The van der Waals surface area contributed by atoms with Gasteiger partial charge < -0.3 is 14.8 Å². The molecule has 0 spiro atoms. The summed E-state index contributed by atoms with van der Waals surface area (Å²) in [5.74, 6) is 0. The predicted molar refractivity (Wildman–Crippen MR) is 106 cm³/mol. The van der Waals surface area contributed by atoms with E-state index in [0.29, 0.717) is 0 Å². The molecule has 132 valence electrons. The van der Waals surface area contributed by atoms with Crippen LogP contribution in [0, 0.1) is 0 Å². The van der Waals surface area contributed by atoms with Crippen molar-refractivity contribution in [2.75, 3.05) is 6.54 Å². The Morgan fingerprint density at radius 2 is 1.92 bits per heavy atom. The third-order valence-corrected chi connectivity index (χ3v) is 5.04. The Kier molecular flexibility index (Phi) is 4.67.